The van der Waals surface area contributed by atoms with Gasteiger partial charge in [0, 0.05) is 23.3 Å². The smallest absolute Gasteiger partial charge is 0.411 e. The minimum Gasteiger partial charge on any atom is -0.444 e. The molecule has 1 unspecified atom stereocenters. The van der Waals surface area contributed by atoms with E-state index in [4.69, 9.17) is 4.74 Å². The van der Waals surface area contributed by atoms with Crippen LogP contribution in [-0.4, -0.2) is 45.0 Å². The maximum atomic E-state index is 12.5. The number of hydrogen-bond donors (Lipinski definition) is 0. The third-order valence-corrected chi connectivity index (χ3v) is 5.34. The number of carbonyl (C=O) groups excluding carboxylic acids is 2. The molecule has 0 saturated carbocycles. The van der Waals surface area contributed by atoms with Crippen LogP contribution in [0, 0.1) is 0 Å². The zero-order valence-electron chi connectivity index (χ0n) is 13.1. The first kappa shape index (κ1) is 15.7. The molecule has 2 rings (SSSR count). The van der Waals surface area contributed by atoms with Crippen LogP contribution in [0.15, 0.2) is 0 Å². The highest BCUT2D eigenvalue weighted by Crippen LogP contribution is 2.42. The molecule has 0 bridgehead atoms. The molecule has 0 N–H and O–H groups in total. The summed E-state index contributed by atoms with van der Waals surface area (Å²) in [5.74, 6) is 0.887. The van der Waals surface area contributed by atoms with Crippen molar-refractivity contribution in [1.82, 2.24) is 4.90 Å². The molecule has 2 heterocycles. The molecule has 2 atom stereocenters. The Kier molecular flexibility index (Phi) is 4.11. The second-order valence-electron chi connectivity index (χ2n) is 7.36. The molecule has 0 aromatic heterocycles. The highest BCUT2D eigenvalue weighted by Gasteiger charge is 2.48. The number of ether oxygens (including phenoxy) is 1. The van der Waals surface area contributed by atoms with E-state index < -0.39 is 5.60 Å². The second kappa shape index (κ2) is 5.24. The van der Waals surface area contributed by atoms with Crippen molar-refractivity contribution in [2.75, 3.05) is 5.75 Å². The molecule has 0 spiro atoms. The molecule has 2 aliphatic heterocycles. The van der Waals surface area contributed by atoms with Gasteiger partial charge in [-0.05, 0) is 47.5 Å². The molecule has 2 fully saturated rings. The molecule has 0 aromatic carbocycles. The van der Waals surface area contributed by atoms with Crippen molar-refractivity contribution in [3.8, 4) is 0 Å². The van der Waals surface area contributed by atoms with Crippen LogP contribution in [0.4, 0.5) is 4.79 Å². The van der Waals surface area contributed by atoms with Crippen molar-refractivity contribution >= 4 is 23.6 Å². The first-order valence-electron chi connectivity index (χ1n) is 7.26. The molecular formula is C15H25NO3S. The summed E-state index contributed by atoms with van der Waals surface area (Å²) in [6, 6.07) is 0.122. The maximum Gasteiger partial charge on any atom is 0.411 e. The molecule has 2 saturated heterocycles. The summed E-state index contributed by atoms with van der Waals surface area (Å²) in [5.41, 5.74) is -0.682. The van der Waals surface area contributed by atoms with Crippen molar-refractivity contribution in [2.45, 2.75) is 76.3 Å². The highest BCUT2D eigenvalue weighted by molar-refractivity contribution is 8.01. The fraction of sp³-hybridized carbons (Fsp3) is 0.867. The van der Waals surface area contributed by atoms with Crippen molar-refractivity contribution < 1.29 is 14.3 Å². The van der Waals surface area contributed by atoms with E-state index in [9.17, 15) is 9.59 Å². The van der Waals surface area contributed by atoms with Gasteiger partial charge in [0.2, 0.25) is 0 Å². The van der Waals surface area contributed by atoms with Crippen LogP contribution >= 0.6 is 11.8 Å². The minimum absolute atomic E-state index is 0.122. The predicted molar refractivity (Wildman–Crippen MR) is 81.0 cm³/mol. The van der Waals surface area contributed by atoms with Crippen LogP contribution in [0.5, 0.6) is 0 Å². The van der Waals surface area contributed by atoms with Crippen LogP contribution < -0.4 is 0 Å². The predicted octanol–water partition coefficient (Wildman–Crippen LogP) is 3.24. The number of rotatable bonds is 1. The average Bonchev–Trinajstić information content (AvgIpc) is 2.79. The van der Waals surface area contributed by atoms with Gasteiger partial charge in [-0.15, -0.1) is 11.8 Å². The lowest BCUT2D eigenvalue weighted by Crippen LogP contribution is -2.51. The van der Waals surface area contributed by atoms with Crippen LogP contribution in [0.3, 0.4) is 0 Å². The Bertz CT molecular complexity index is 414. The lowest BCUT2D eigenvalue weighted by atomic mass is 10.0. The van der Waals surface area contributed by atoms with Crippen LogP contribution in [-0.2, 0) is 9.53 Å². The van der Waals surface area contributed by atoms with Gasteiger partial charge in [0.05, 0.1) is 5.75 Å². The van der Waals surface area contributed by atoms with Gasteiger partial charge >= 0.3 is 6.09 Å². The van der Waals surface area contributed by atoms with Crippen molar-refractivity contribution in [3.63, 3.8) is 0 Å². The van der Waals surface area contributed by atoms with E-state index in [1.54, 1.807) is 11.8 Å². The number of nitrogens with zero attached hydrogens (tertiary/aromatic N) is 1. The molecule has 0 aliphatic carbocycles. The van der Waals surface area contributed by atoms with E-state index in [0.717, 1.165) is 12.8 Å². The van der Waals surface area contributed by atoms with E-state index in [0.29, 0.717) is 18.0 Å². The molecule has 4 nitrogen and oxygen atoms in total. The van der Waals surface area contributed by atoms with Gasteiger partial charge in [-0.3, -0.25) is 9.69 Å². The third kappa shape index (κ3) is 3.30. The highest BCUT2D eigenvalue weighted by atomic mass is 32.2. The summed E-state index contributed by atoms with van der Waals surface area (Å²) in [6.45, 7) is 9.82. The fourth-order valence-electron chi connectivity index (χ4n) is 3.03. The molecule has 2 aliphatic rings. The molecule has 20 heavy (non-hydrogen) atoms. The third-order valence-electron chi connectivity index (χ3n) is 3.94. The maximum absolute atomic E-state index is 12.5. The van der Waals surface area contributed by atoms with Crippen LogP contribution in [0.25, 0.3) is 0 Å². The Morgan fingerprint density at radius 2 is 2.05 bits per heavy atom. The summed E-state index contributed by atoms with van der Waals surface area (Å²) in [7, 11) is 0. The Labute approximate surface area is 125 Å². The number of likely N-dealkylation sites (tertiary alicyclic amines) is 1. The molecule has 114 valence electrons. The zero-order valence-corrected chi connectivity index (χ0v) is 13.9. The lowest BCUT2D eigenvalue weighted by Gasteiger charge is -2.38. The first-order chi connectivity index (χ1) is 9.10. The lowest BCUT2D eigenvalue weighted by molar-refractivity contribution is -0.116. The summed E-state index contributed by atoms with van der Waals surface area (Å²) >= 11 is 1.69. The standard InChI is InChI=1S/C15H25NO3S/c1-14(2,3)19-13(18)16-11(6-7-15(16,4)5)12-8-10(17)9-20-12/h11-12H,6-9H2,1-5H3/t11-,12?/m0/s1. The Morgan fingerprint density at radius 3 is 2.55 bits per heavy atom. The minimum atomic E-state index is -0.487. The first-order valence-corrected chi connectivity index (χ1v) is 8.31. The SMILES string of the molecule is CC(C)(C)OC(=O)N1[C@H](C2CC(=O)CS2)CCC1(C)C. The topological polar surface area (TPSA) is 46.6 Å². The van der Waals surface area contributed by atoms with Crippen molar-refractivity contribution in [2.24, 2.45) is 0 Å². The number of Topliss-reactive ketones (excluding diaryl/α,β-unsaturated/α-hetero) is 1. The monoisotopic (exact) mass is 299 g/mol. The largest absolute Gasteiger partial charge is 0.444 e. The second-order valence-corrected chi connectivity index (χ2v) is 8.59. The molecule has 0 aromatic rings. The number of hydrogen-bond acceptors (Lipinski definition) is 4. The van der Waals surface area contributed by atoms with Gasteiger partial charge in [0.25, 0.3) is 0 Å². The van der Waals surface area contributed by atoms with Gasteiger partial charge in [-0.2, -0.15) is 0 Å². The molecule has 5 heteroatoms. The number of carbonyl (C=O) groups is 2. The van der Waals surface area contributed by atoms with Gasteiger partial charge in [-0.25, -0.2) is 4.79 Å². The molecule has 0 radical (unpaired) electrons. The van der Waals surface area contributed by atoms with Crippen LogP contribution in [0.2, 0.25) is 0 Å². The van der Waals surface area contributed by atoms with E-state index in [-0.39, 0.29) is 22.9 Å². The van der Waals surface area contributed by atoms with Gasteiger partial charge in [-0.1, -0.05) is 0 Å². The number of ketones is 1. The van der Waals surface area contributed by atoms with Gasteiger partial charge in [0.15, 0.2) is 0 Å². The van der Waals surface area contributed by atoms with E-state index in [2.05, 4.69) is 13.8 Å². The normalized spacial score (nSPS) is 29.9. The average molecular weight is 299 g/mol. The number of amides is 1. The quantitative estimate of drug-likeness (QED) is 0.745. The van der Waals surface area contributed by atoms with Crippen LogP contribution in [0.1, 0.15) is 53.9 Å². The van der Waals surface area contributed by atoms with E-state index >= 15 is 0 Å². The van der Waals surface area contributed by atoms with Gasteiger partial charge < -0.3 is 4.74 Å². The Balaban J connectivity index is 2.16. The summed E-state index contributed by atoms with van der Waals surface area (Å²) in [4.78, 5) is 25.9. The van der Waals surface area contributed by atoms with Crippen molar-refractivity contribution in [3.05, 3.63) is 0 Å². The van der Waals surface area contributed by atoms with E-state index in [1.165, 1.54) is 0 Å². The Hall–Kier alpha value is -0.710. The molecule has 1 amide bonds. The summed E-state index contributed by atoms with van der Waals surface area (Å²) < 4.78 is 5.57. The molecular weight excluding hydrogens is 274 g/mol. The summed E-state index contributed by atoms with van der Waals surface area (Å²) in [5, 5.41) is 0.233. The van der Waals surface area contributed by atoms with Crippen molar-refractivity contribution in [1.29, 1.82) is 0 Å². The van der Waals surface area contributed by atoms with Gasteiger partial charge in [0.1, 0.15) is 11.4 Å². The zero-order chi connectivity index (χ0) is 15.1. The van der Waals surface area contributed by atoms with E-state index in [1.807, 2.05) is 25.7 Å². The number of thioether (sulfide) groups is 1. The summed E-state index contributed by atoms with van der Waals surface area (Å²) in [6.07, 6.45) is 2.26. The fourth-order valence-corrected chi connectivity index (χ4v) is 4.34. The Morgan fingerprint density at radius 1 is 1.40 bits per heavy atom.